The maximum Gasteiger partial charge on any atom is 0.332 e. The van der Waals surface area contributed by atoms with E-state index in [0.717, 1.165) is 10.6 Å². The second-order valence-electron chi connectivity index (χ2n) is 5.64. The predicted octanol–water partition coefficient (Wildman–Crippen LogP) is 1.69. The Morgan fingerprint density at radius 2 is 2.08 bits per heavy atom. The predicted molar refractivity (Wildman–Crippen MR) is 91.8 cm³/mol. The van der Waals surface area contributed by atoms with E-state index >= 15 is 0 Å². The third-order valence-corrected chi connectivity index (χ3v) is 4.99. The first kappa shape index (κ1) is 19.7. The number of carbonyl (C=O) groups is 3. The SMILES string of the molecule is CS[C@@H]1C([C@H](C)OC=O)C(=O)N1OC(=O)CCc1ccc([N+](=O)[O-])cc1. The minimum Gasteiger partial charge on any atom is -0.464 e. The summed E-state index contributed by atoms with van der Waals surface area (Å²) >= 11 is 1.31. The number of nitro groups is 1. The average Bonchev–Trinajstić information content (AvgIpc) is 2.62. The van der Waals surface area contributed by atoms with Gasteiger partial charge in [0, 0.05) is 12.1 Å². The molecule has 0 N–H and O–H groups in total. The molecule has 1 saturated heterocycles. The number of benzene rings is 1. The molecule has 1 aromatic carbocycles. The Hall–Kier alpha value is -2.62. The van der Waals surface area contributed by atoms with Gasteiger partial charge in [-0.1, -0.05) is 12.1 Å². The smallest absolute Gasteiger partial charge is 0.332 e. The van der Waals surface area contributed by atoms with Crippen LogP contribution < -0.4 is 0 Å². The Morgan fingerprint density at radius 3 is 2.62 bits per heavy atom. The van der Waals surface area contributed by atoms with E-state index in [4.69, 9.17) is 9.57 Å². The van der Waals surface area contributed by atoms with Crippen LogP contribution in [0.15, 0.2) is 24.3 Å². The lowest BCUT2D eigenvalue weighted by Crippen LogP contribution is -2.63. The molecule has 3 atom stereocenters. The minimum atomic E-state index is -0.604. The first-order valence-electron chi connectivity index (χ1n) is 7.78. The Morgan fingerprint density at radius 1 is 1.42 bits per heavy atom. The second kappa shape index (κ2) is 8.65. The van der Waals surface area contributed by atoms with Crippen LogP contribution in [0.25, 0.3) is 0 Å². The van der Waals surface area contributed by atoms with Crippen molar-refractivity contribution in [3.8, 4) is 0 Å². The lowest BCUT2D eigenvalue weighted by atomic mass is 9.95. The number of nitrogens with zero attached hydrogens (tertiary/aromatic N) is 2. The maximum absolute atomic E-state index is 12.1. The Bertz CT molecular complexity index is 694. The number of amides is 1. The lowest BCUT2D eigenvalue weighted by Gasteiger charge is -2.45. The topological polar surface area (TPSA) is 116 Å². The lowest BCUT2D eigenvalue weighted by molar-refractivity contribution is -0.384. The Kier molecular flexibility index (Phi) is 6.56. The maximum atomic E-state index is 12.1. The molecule has 0 saturated carbocycles. The van der Waals surface area contributed by atoms with E-state index in [0.29, 0.717) is 6.42 Å². The van der Waals surface area contributed by atoms with E-state index in [1.165, 1.54) is 23.9 Å². The molecule has 0 aliphatic carbocycles. The molecule has 1 aliphatic rings. The molecule has 9 nitrogen and oxygen atoms in total. The van der Waals surface area contributed by atoms with Crippen molar-refractivity contribution in [3.63, 3.8) is 0 Å². The van der Waals surface area contributed by atoms with E-state index in [-0.39, 0.29) is 18.6 Å². The van der Waals surface area contributed by atoms with Crippen LogP contribution in [0.4, 0.5) is 5.69 Å². The van der Waals surface area contributed by atoms with E-state index < -0.39 is 34.2 Å². The fraction of sp³-hybridized carbons (Fsp3) is 0.438. The molecule has 140 valence electrons. The summed E-state index contributed by atoms with van der Waals surface area (Å²) in [5.74, 6) is -1.56. The van der Waals surface area contributed by atoms with E-state index in [9.17, 15) is 24.5 Å². The highest BCUT2D eigenvalue weighted by molar-refractivity contribution is 7.99. The van der Waals surface area contributed by atoms with Gasteiger partial charge >= 0.3 is 5.97 Å². The van der Waals surface area contributed by atoms with Crippen LogP contribution in [0, 0.1) is 16.0 Å². The highest BCUT2D eigenvalue weighted by Crippen LogP contribution is 2.37. The summed E-state index contributed by atoms with van der Waals surface area (Å²) in [6, 6.07) is 5.86. The number of hydrogen-bond donors (Lipinski definition) is 0. The number of aryl methyl sites for hydroxylation is 1. The van der Waals surface area contributed by atoms with Crippen LogP contribution in [-0.2, 0) is 30.4 Å². The first-order valence-corrected chi connectivity index (χ1v) is 9.07. The molecule has 1 fully saturated rings. The molecule has 1 aromatic rings. The number of rotatable bonds is 9. The van der Waals surface area contributed by atoms with Crippen LogP contribution in [0.3, 0.4) is 0 Å². The third-order valence-electron chi connectivity index (χ3n) is 4.02. The van der Waals surface area contributed by atoms with Crippen molar-refractivity contribution < 1.29 is 28.9 Å². The highest BCUT2D eigenvalue weighted by Gasteiger charge is 2.53. The molecule has 0 aromatic heterocycles. The molecule has 1 aliphatic heterocycles. The van der Waals surface area contributed by atoms with Crippen LogP contribution in [-0.4, -0.2) is 46.1 Å². The van der Waals surface area contributed by atoms with E-state index in [1.807, 2.05) is 0 Å². The van der Waals surface area contributed by atoms with Crippen molar-refractivity contribution in [3.05, 3.63) is 39.9 Å². The summed E-state index contributed by atoms with van der Waals surface area (Å²) in [5.41, 5.74) is 0.720. The van der Waals surface area contributed by atoms with Gasteiger partial charge in [0.15, 0.2) is 0 Å². The standard InChI is InChI=1S/C16H18N2O7S/c1-10(24-9-19)14-15(21)17(16(14)26-2)25-13(20)8-5-11-3-6-12(7-4-11)18(22)23/h3-4,6-7,9-10,14,16H,5,8H2,1-2H3/t10-,14?,16+/m0/s1. The van der Waals surface area contributed by atoms with Crippen LogP contribution in [0.2, 0.25) is 0 Å². The number of hydrogen-bond acceptors (Lipinski definition) is 8. The van der Waals surface area contributed by atoms with Gasteiger partial charge in [-0.25, -0.2) is 4.79 Å². The summed E-state index contributed by atoms with van der Waals surface area (Å²) in [7, 11) is 0. The summed E-state index contributed by atoms with van der Waals surface area (Å²) in [6.45, 7) is 1.89. The van der Waals surface area contributed by atoms with Crippen molar-refractivity contribution in [2.24, 2.45) is 5.92 Å². The summed E-state index contributed by atoms with van der Waals surface area (Å²) < 4.78 is 4.80. The second-order valence-corrected chi connectivity index (χ2v) is 6.59. The van der Waals surface area contributed by atoms with Gasteiger partial charge in [-0.15, -0.1) is 11.8 Å². The monoisotopic (exact) mass is 382 g/mol. The molecule has 0 radical (unpaired) electrons. The van der Waals surface area contributed by atoms with Gasteiger partial charge in [0.25, 0.3) is 18.1 Å². The molecule has 0 bridgehead atoms. The summed E-state index contributed by atoms with van der Waals surface area (Å²) in [6.07, 6.45) is 1.51. The minimum absolute atomic E-state index is 0.0216. The fourth-order valence-corrected chi connectivity index (χ4v) is 3.56. The van der Waals surface area contributed by atoms with Gasteiger partial charge in [-0.05, 0) is 25.2 Å². The number of ether oxygens (including phenoxy) is 1. The molecule has 26 heavy (non-hydrogen) atoms. The van der Waals surface area contributed by atoms with Gasteiger partial charge in [0.2, 0.25) is 0 Å². The zero-order valence-electron chi connectivity index (χ0n) is 14.2. The van der Waals surface area contributed by atoms with Crippen LogP contribution in [0.5, 0.6) is 0 Å². The summed E-state index contributed by atoms with van der Waals surface area (Å²) in [4.78, 5) is 49.8. The first-order chi connectivity index (χ1) is 12.4. The Balaban J connectivity index is 1.86. The van der Waals surface area contributed by atoms with Crippen molar-refractivity contribution in [2.75, 3.05) is 6.26 Å². The highest BCUT2D eigenvalue weighted by atomic mass is 32.2. The molecule has 1 heterocycles. The van der Waals surface area contributed by atoms with Crippen molar-refractivity contribution in [1.29, 1.82) is 0 Å². The number of carbonyl (C=O) groups excluding carboxylic acids is 3. The molecular weight excluding hydrogens is 364 g/mol. The van der Waals surface area contributed by atoms with Crippen molar-refractivity contribution in [1.82, 2.24) is 5.06 Å². The van der Waals surface area contributed by atoms with Gasteiger partial charge < -0.3 is 9.57 Å². The van der Waals surface area contributed by atoms with Gasteiger partial charge in [0.1, 0.15) is 17.4 Å². The van der Waals surface area contributed by atoms with Crippen LogP contribution in [0.1, 0.15) is 18.9 Å². The van der Waals surface area contributed by atoms with Crippen molar-refractivity contribution >= 4 is 35.8 Å². The number of β-lactam (4-membered cyclic amide) rings is 1. The van der Waals surface area contributed by atoms with Crippen molar-refractivity contribution in [2.45, 2.75) is 31.2 Å². The third kappa shape index (κ3) is 4.31. The van der Waals surface area contributed by atoms with Crippen LogP contribution >= 0.6 is 11.8 Å². The molecule has 1 unspecified atom stereocenters. The molecular formula is C16H18N2O7S. The van der Waals surface area contributed by atoms with E-state index in [2.05, 4.69) is 0 Å². The molecule has 0 spiro atoms. The number of non-ortho nitro benzene ring substituents is 1. The molecule has 1 amide bonds. The Labute approximate surface area is 153 Å². The zero-order chi connectivity index (χ0) is 19.3. The normalized spacial score (nSPS) is 20.1. The van der Waals surface area contributed by atoms with Gasteiger partial charge in [0.05, 0.1) is 11.3 Å². The average molecular weight is 382 g/mol. The number of nitro benzene ring substituents is 1. The van der Waals surface area contributed by atoms with Gasteiger partial charge in [-0.3, -0.25) is 19.7 Å². The number of thioether (sulfide) groups is 1. The quantitative estimate of drug-likeness (QED) is 0.274. The zero-order valence-corrected chi connectivity index (χ0v) is 15.0. The largest absolute Gasteiger partial charge is 0.464 e. The van der Waals surface area contributed by atoms with E-state index in [1.54, 1.807) is 25.3 Å². The summed E-state index contributed by atoms with van der Waals surface area (Å²) in [5, 5.41) is 11.2. The fourth-order valence-electron chi connectivity index (χ4n) is 2.59. The molecule has 10 heteroatoms. The number of hydroxylamine groups is 2. The molecule has 2 rings (SSSR count). The van der Waals surface area contributed by atoms with Gasteiger partial charge in [-0.2, -0.15) is 5.06 Å².